The molecule has 6 nitrogen and oxygen atoms in total. The number of piperidine rings is 1. The number of aliphatic hydroxyl groups excluding tert-OH is 1. The molecule has 2 rings (SSSR count). The summed E-state index contributed by atoms with van der Waals surface area (Å²) in [5.41, 5.74) is 3.48. The van der Waals surface area contributed by atoms with Crippen molar-refractivity contribution in [1.29, 1.82) is 0 Å². The molecule has 0 spiro atoms. The highest BCUT2D eigenvalue weighted by atomic mass is 16.3. The van der Waals surface area contributed by atoms with Crippen molar-refractivity contribution in [2.24, 2.45) is 5.84 Å². The van der Waals surface area contributed by atoms with E-state index in [4.69, 9.17) is 10.9 Å². The molecule has 1 aliphatic heterocycles. The molecule has 0 radical (unpaired) electrons. The summed E-state index contributed by atoms with van der Waals surface area (Å²) in [6.07, 6.45) is 4.42. The summed E-state index contributed by atoms with van der Waals surface area (Å²) in [4.78, 5) is 11.2. The van der Waals surface area contributed by atoms with Crippen LogP contribution >= 0.6 is 0 Å². The summed E-state index contributed by atoms with van der Waals surface area (Å²) in [7, 11) is 0. The van der Waals surface area contributed by atoms with Crippen LogP contribution in [0.4, 0.5) is 5.82 Å². The average Bonchev–Trinajstić information content (AvgIpc) is 2.40. The Morgan fingerprint density at radius 1 is 1.47 bits per heavy atom. The number of anilines is 1. The topological polar surface area (TPSA) is 87.3 Å². The lowest BCUT2D eigenvalue weighted by Crippen LogP contribution is -2.40. The van der Waals surface area contributed by atoms with Crippen molar-refractivity contribution in [3.05, 3.63) is 17.6 Å². The zero-order valence-electron chi connectivity index (χ0n) is 11.5. The van der Waals surface area contributed by atoms with Crippen LogP contribution in [0, 0.1) is 6.92 Å². The molecule has 4 N–H and O–H groups in total. The van der Waals surface area contributed by atoms with Gasteiger partial charge in [0.1, 0.15) is 11.6 Å². The second kappa shape index (κ2) is 6.79. The van der Waals surface area contributed by atoms with Crippen LogP contribution in [0.5, 0.6) is 0 Å². The summed E-state index contributed by atoms with van der Waals surface area (Å²) in [6, 6.07) is 2.27. The molecule has 0 bridgehead atoms. The number of aryl methyl sites for hydroxylation is 1. The molecule has 1 fully saturated rings. The fourth-order valence-electron chi connectivity index (χ4n) is 2.70. The van der Waals surface area contributed by atoms with Gasteiger partial charge in [-0.1, -0.05) is 6.42 Å². The smallest absolute Gasteiger partial charge is 0.145 e. The van der Waals surface area contributed by atoms with Gasteiger partial charge in [0.2, 0.25) is 0 Å². The molecule has 0 saturated carbocycles. The van der Waals surface area contributed by atoms with Gasteiger partial charge in [-0.15, -0.1) is 0 Å². The zero-order valence-corrected chi connectivity index (χ0v) is 11.5. The van der Waals surface area contributed by atoms with Crippen molar-refractivity contribution >= 4 is 5.82 Å². The second-order valence-corrected chi connectivity index (χ2v) is 5.09. The fraction of sp³-hybridized carbons (Fsp3) is 0.692. The number of hydrogen-bond donors (Lipinski definition) is 3. The molecule has 106 valence electrons. The van der Waals surface area contributed by atoms with Crippen LogP contribution in [0.2, 0.25) is 0 Å². The second-order valence-electron chi connectivity index (χ2n) is 5.09. The van der Waals surface area contributed by atoms with Crippen molar-refractivity contribution < 1.29 is 5.11 Å². The maximum Gasteiger partial charge on any atom is 0.145 e. The van der Waals surface area contributed by atoms with Crippen LogP contribution in [0.25, 0.3) is 0 Å². The van der Waals surface area contributed by atoms with Crippen molar-refractivity contribution in [2.75, 3.05) is 18.6 Å². The SMILES string of the molecule is Cc1cc(NN)nc(CN2CCCCC2CCO)n1. The van der Waals surface area contributed by atoms with Crippen LogP contribution < -0.4 is 11.3 Å². The van der Waals surface area contributed by atoms with Gasteiger partial charge >= 0.3 is 0 Å². The van der Waals surface area contributed by atoms with E-state index in [0.29, 0.717) is 11.9 Å². The molecule has 0 aromatic carbocycles. The van der Waals surface area contributed by atoms with Crippen molar-refractivity contribution in [3.63, 3.8) is 0 Å². The highest BCUT2D eigenvalue weighted by Crippen LogP contribution is 2.21. The van der Waals surface area contributed by atoms with Gasteiger partial charge in [-0.25, -0.2) is 15.8 Å². The maximum atomic E-state index is 9.14. The lowest BCUT2D eigenvalue weighted by Gasteiger charge is -2.35. The first-order chi connectivity index (χ1) is 9.22. The molecule has 0 aliphatic carbocycles. The Morgan fingerprint density at radius 3 is 3.05 bits per heavy atom. The van der Waals surface area contributed by atoms with Crippen LogP contribution in [0.1, 0.15) is 37.2 Å². The van der Waals surface area contributed by atoms with E-state index < -0.39 is 0 Å². The number of aromatic nitrogens is 2. The first kappa shape index (κ1) is 14.2. The van der Waals surface area contributed by atoms with Crippen molar-refractivity contribution in [3.8, 4) is 0 Å². The van der Waals surface area contributed by atoms with E-state index in [-0.39, 0.29) is 6.61 Å². The predicted molar refractivity (Wildman–Crippen MR) is 74.3 cm³/mol. The predicted octanol–water partition coefficient (Wildman–Crippen LogP) is 0.808. The molecule has 2 heterocycles. The van der Waals surface area contributed by atoms with Gasteiger partial charge in [-0.05, 0) is 32.7 Å². The van der Waals surface area contributed by atoms with E-state index >= 15 is 0 Å². The lowest BCUT2D eigenvalue weighted by atomic mass is 10.00. The summed E-state index contributed by atoms with van der Waals surface area (Å²) >= 11 is 0. The minimum absolute atomic E-state index is 0.242. The third kappa shape index (κ3) is 3.86. The number of hydrazine groups is 1. The summed E-state index contributed by atoms with van der Waals surface area (Å²) in [6.45, 7) is 3.95. The van der Waals surface area contributed by atoms with Gasteiger partial charge in [0.05, 0.1) is 6.54 Å². The van der Waals surface area contributed by atoms with Gasteiger partial charge < -0.3 is 10.5 Å². The number of nitrogens with two attached hydrogens (primary N) is 1. The molecule has 0 amide bonds. The van der Waals surface area contributed by atoms with Crippen LogP contribution in [0.15, 0.2) is 6.07 Å². The van der Waals surface area contributed by atoms with E-state index in [1.54, 1.807) is 0 Å². The Hall–Kier alpha value is -1.24. The molecule has 1 aromatic rings. The quantitative estimate of drug-likeness (QED) is 0.539. The van der Waals surface area contributed by atoms with E-state index in [1.165, 1.54) is 12.8 Å². The van der Waals surface area contributed by atoms with Gasteiger partial charge in [0.15, 0.2) is 0 Å². The van der Waals surface area contributed by atoms with Crippen LogP contribution in [-0.4, -0.2) is 39.2 Å². The fourth-order valence-corrected chi connectivity index (χ4v) is 2.70. The molecule has 1 atom stereocenters. The Balaban J connectivity index is 2.07. The summed E-state index contributed by atoms with van der Waals surface area (Å²) in [5, 5.41) is 9.14. The third-order valence-corrected chi connectivity index (χ3v) is 3.60. The average molecular weight is 265 g/mol. The van der Waals surface area contributed by atoms with Gasteiger partial charge in [0.25, 0.3) is 0 Å². The van der Waals surface area contributed by atoms with Crippen LogP contribution in [-0.2, 0) is 6.54 Å². The molecule has 6 heteroatoms. The zero-order chi connectivity index (χ0) is 13.7. The summed E-state index contributed by atoms with van der Waals surface area (Å²) in [5.74, 6) is 6.85. The standard InChI is InChI=1S/C13H23N5O/c1-10-8-12(17-14)16-13(15-10)9-18-6-3-2-4-11(18)5-7-19/h8,11,19H,2-7,9,14H2,1H3,(H,15,16,17). The first-order valence-corrected chi connectivity index (χ1v) is 6.89. The first-order valence-electron chi connectivity index (χ1n) is 6.89. The number of aliphatic hydroxyl groups is 1. The molecular weight excluding hydrogens is 242 g/mol. The minimum atomic E-state index is 0.242. The monoisotopic (exact) mass is 265 g/mol. The van der Waals surface area contributed by atoms with Crippen LogP contribution in [0.3, 0.4) is 0 Å². The number of nitrogens with one attached hydrogen (secondary N) is 1. The van der Waals surface area contributed by atoms with E-state index in [1.807, 2.05) is 13.0 Å². The Kier molecular flexibility index (Phi) is 5.07. The number of nitrogen functional groups attached to an aromatic ring is 1. The number of rotatable bonds is 5. The molecule has 1 saturated heterocycles. The summed E-state index contributed by atoms with van der Waals surface area (Å²) < 4.78 is 0. The van der Waals surface area contributed by atoms with E-state index in [9.17, 15) is 0 Å². The minimum Gasteiger partial charge on any atom is -0.396 e. The molecular formula is C13H23N5O. The lowest BCUT2D eigenvalue weighted by molar-refractivity contribution is 0.110. The van der Waals surface area contributed by atoms with E-state index in [2.05, 4.69) is 20.3 Å². The van der Waals surface area contributed by atoms with Gasteiger partial charge in [-0.3, -0.25) is 4.90 Å². The Morgan fingerprint density at radius 2 is 2.32 bits per heavy atom. The molecule has 1 aromatic heterocycles. The van der Waals surface area contributed by atoms with E-state index in [0.717, 1.165) is 37.4 Å². The largest absolute Gasteiger partial charge is 0.396 e. The Bertz CT molecular complexity index is 410. The van der Waals surface area contributed by atoms with Gasteiger partial charge in [-0.2, -0.15) is 0 Å². The highest BCUT2D eigenvalue weighted by molar-refractivity contribution is 5.33. The molecule has 1 aliphatic rings. The number of hydrogen-bond acceptors (Lipinski definition) is 6. The number of nitrogens with zero attached hydrogens (tertiary/aromatic N) is 3. The maximum absolute atomic E-state index is 9.14. The van der Waals surface area contributed by atoms with Crippen molar-refractivity contribution in [1.82, 2.24) is 14.9 Å². The normalized spacial score (nSPS) is 20.5. The third-order valence-electron chi connectivity index (χ3n) is 3.60. The molecule has 19 heavy (non-hydrogen) atoms. The highest BCUT2D eigenvalue weighted by Gasteiger charge is 2.22. The van der Waals surface area contributed by atoms with Crippen molar-refractivity contribution in [2.45, 2.75) is 45.2 Å². The van der Waals surface area contributed by atoms with Gasteiger partial charge in [0, 0.05) is 24.4 Å². The Labute approximate surface area is 114 Å². The number of likely N-dealkylation sites (tertiary alicyclic amines) is 1. The molecule has 1 unspecified atom stereocenters.